The van der Waals surface area contributed by atoms with Crippen LogP contribution in [0.25, 0.3) is 0 Å². The predicted molar refractivity (Wildman–Crippen MR) is 65.5 cm³/mol. The highest BCUT2D eigenvalue weighted by Crippen LogP contribution is 2.34. The largest absolute Gasteiger partial charge is 0.534 e. The molecule has 0 radical (unpaired) electrons. The number of esters is 1. The first-order valence-corrected chi connectivity index (χ1v) is 6.88. The highest BCUT2D eigenvalue weighted by Gasteiger charge is 2.49. The molecule has 0 saturated carbocycles. The van der Waals surface area contributed by atoms with E-state index in [1.807, 2.05) is 0 Å². The van der Waals surface area contributed by atoms with Crippen molar-refractivity contribution >= 4 is 37.7 Å². The number of hydrogen-bond donors (Lipinski definition) is 1. The molecule has 2 N–H and O–H groups in total. The monoisotopic (exact) mass is 377 g/mol. The minimum absolute atomic E-state index is 0.120. The van der Waals surface area contributed by atoms with Crippen molar-refractivity contribution in [1.29, 1.82) is 0 Å². The average Bonchev–Trinajstić information content (AvgIpc) is 2.25. The standard InChI is InChI=1S/C9H7BrF3NO5S/c1-18-8(15)7-5(14)2-4(10)3-6(7)19-20(16,17)9(11,12)13/h2-3H,14H2,1H3. The number of alkyl halides is 3. The van der Waals surface area contributed by atoms with Gasteiger partial charge in [-0.3, -0.25) is 0 Å². The summed E-state index contributed by atoms with van der Waals surface area (Å²) in [5, 5.41) is 0. The molecule has 0 bridgehead atoms. The Morgan fingerprint density at radius 1 is 1.35 bits per heavy atom. The normalized spacial score (nSPS) is 12.1. The van der Waals surface area contributed by atoms with Crippen LogP contribution in [0, 0.1) is 0 Å². The van der Waals surface area contributed by atoms with E-state index in [1.54, 1.807) is 0 Å². The molecule has 0 unspecified atom stereocenters. The van der Waals surface area contributed by atoms with Crippen LogP contribution in [0.1, 0.15) is 10.4 Å². The molecule has 0 amide bonds. The molecule has 0 atom stereocenters. The summed E-state index contributed by atoms with van der Waals surface area (Å²) in [4.78, 5) is 11.4. The van der Waals surface area contributed by atoms with E-state index in [0.29, 0.717) is 0 Å². The smallest absolute Gasteiger partial charge is 0.465 e. The molecular weight excluding hydrogens is 371 g/mol. The molecule has 0 aliphatic heterocycles. The first-order valence-electron chi connectivity index (χ1n) is 4.67. The van der Waals surface area contributed by atoms with Crippen molar-refractivity contribution in [3.05, 3.63) is 22.2 Å². The molecule has 0 aliphatic rings. The van der Waals surface area contributed by atoms with Gasteiger partial charge < -0.3 is 14.7 Å². The van der Waals surface area contributed by atoms with Crippen molar-refractivity contribution in [1.82, 2.24) is 0 Å². The molecule has 0 aromatic heterocycles. The summed E-state index contributed by atoms with van der Waals surface area (Å²) in [5.74, 6) is -2.02. The molecular formula is C9H7BrF3NO5S. The first-order chi connectivity index (χ1) is 8.99. The Morgan fingerprint density at radius 3 is 2.35 bits per heavy atom. The second-order valence-corrected chi connectivity index (χ2v) is 5.80. The Hall–Kier alpha value is -1.49. The predicted octanol–water partition coefficient (Wildman–Crippen LogP) is 2.05. The molecule has 1 aromatic rings. The summed E-state index contributed by atoms with van der Waals surface area (Å²) in [6.07, 6.45) is 0. The van der Waals surface area contributed by atoms with Crippen LogP contribution in [-0.2, 0) is 14.9 Å². The van der Waals surface area contributed by atoms with E-state index in [1.165, 1.54) is 6.07 Å². The van der Waals surface area contributed by atoms with E-state index < -0.39 is 32.9 Å². The number of rotatable bonds is 3. The quantitative estimate of drug-likeness (QED) is 0.374. The highest BCUT2D eigenvalue weighted by atomic mass is 79.9. The number of ether oxygens (including phenoxy) is 1. The van der Waals surface area contributed by atoms with Crippen LogP contribution in [0.3, 0.4) is 0 Å². The van der Waals surface area contributed by atoms with Crippen molar-refractivity contribution in [3.63, 3.8) is 0 Å². The van der Waals surface area contributed by atoms with Gasteiger partial charge in [0.25, 0.3) is 0 Å². The number of carbonyl (C=O) groups excluding carboxylic acids is 1. The van der Waals surface area contributed by atoms with E-state index in [9.17, 15) is 26.4 Å². The maximum absolute atomic E-state index is 12.3. The van der Waals surface area contributed by atoms with Gasteiger partial charge in [0.1, 0.15) is 5.56 Å². The van der Waals surface area contributed by atoms with Crippen molar-refractivity contribution in [2.75, 3.05) is 12.8 Å². The zero-order chi connectivity index (χ0) is 15.7. The maximum atomic E-state index is 12.3. The minimum Gasteiger partial charge on any atom is -0.465 e. The molecule has 11 heteroatoms. The van der Waals surface area contributed by atoms with Crippen LogP contribution < -0.4 is 9.92 Å². The van der Waals surface area contributed by atoms with Crippen LogP contribution in [0.15, 0.2) is 16.6 Å². The van der Waals surface area contributed by atoms with Gasteiger partial charge in [0.2, 0.25) is 0 Å². The number of nitrogens with two attached hydrogens (primary N) is 1. The number of carbonyl (C=O) groups is 1. The molecule has 20 heavy (non-hydrogen) atoms. The van der Waals surface area contributed by atoms with E-state index in [-0.39, 0.29) is 10.2 Å². The number of anilines is 1. The summed E-state index contributed by atoms with van der Waals surface area (Å²) in [6.45, 7) is 0. The Bertz CT molecular complexity index is 644. The first kappa shape index (κ1) is 16.6. The van der Waals surface area contributed by atoms with Gasteiger partial charge in [0, 0.05) is 4.47 Å². The van der Waals surface area contributed by atoms with Gasteiger partial charge in [-0.25, -0.2) is 4.79 Å². The van der Waals surface area contributed by atoms with Crippen molar-refractivity contribution < 1.29 is 35.3 Å². The van der Waals surface area contributed by atoms with Gasteiger partial charge in [0.15, 0.2) is 5.75 Å². The Kier molecular flexibility index (Phi) is 4.54. The van der Waals surface area contributed by atoms with Gasteiger partial charge in [0.05, 0.1) is 12.8 Å². The molecule has 0 spiro atoms. The Labute approximate surface area is 119 Å². The van der Waals surface area contributed by atoms with Gasteiger partial charge in [-0.1, -0.05) is 15.9 Å². The van der Waals surface area contributed by atoms with Gasteiger partial charge in [-0.2, -0.15) is 21.6 Å². The fraction of sp³-hybridized carbons (Fsp3) is 0.222. The summed E-state index contributed by atoms with van der Waals surface area (Å²) < 4.78 is 67.0. The van der Waals surface area contributed by atoms with Crippen molar-refractivity contribution in [2.24, 2.45) is 0 Å². The molecule has 1 rings (SSSR count). The average molecular weight is 378 g/mol. The lowest BCUT2D eigenvalue weighted by Gasteiger charge is -2.13. The third kappa shape index (κ3) is 3.33. The van der Waals surface area contributed by atoms with Crippen LogP contribution in [0.4, 0.5) is 18.9 Å². The number of nitrogen functional groups attached to an aromatic ring is 1. The highest BCUT2D eigenvalue weighted by molar-refractivity contribution is 9.10. The van der Waals surface area contributed by atoms with Gasteiger partial charge in [-0.15, -0.1) is 0 Å². The second kappa shape index (κ2) is 5.48. The lowest BCUT2D eigenvalue weighted by Crippen LogP contribution is -2.28. The van der Waals surface area contributed by atoms with Crippen molar-refractivity contribution in [2.45, 2.75) is 5.51 Å². The van der Waals surface area contributed by atoms with E-state index in [2.05, 4.69) is 24.8 Å². The lowest BCUT2D eigenvalue weighted by atomic mass is 10.1. The zero-order valence-electron chi connectivity index (χ0n) is 9.69. The fourth-order valence-electron chi connectivity index (χ4n) is 1.15. The number of methoxy groups -OCH3 is 1. The number of hydrogen-bond acceptors (Lipinski definition) is 6. The van der Waals surface area contributed by atoms with Gasteiger partial charge >= 0.3 is 21.6 Å². The third-order valence-corrected chi connectivity index (χ3v) is 3.39. The summed E-state index contributed by atoms with van der Waals surface area (Å²) in [7, 11) is -4.98. The maximum Gasteiger partial charge on any atom is 0.534 e. The molecule has 6 nitrogen and oxygen atoms in total. The van der Waals surface area contributed by atoms with E-state index in [4.69, 9.17) is 5.73 Å². The topological polar surface area (TPSA) is 95.7 Å². The fourth-order valence-corrected chi connectivity index (χ4v) is 2.07. The zero-order valence-corrected chi connectivity index (χ0v) is 12.1. The summed E-state index contributed by atoms with van der Waals surface area (Å²) in [6, 6.07) is 2.03. The van der Waals surface area contributed by atoms with Crippen LogP contribution >= 0.6 is 15.9 Å². The molecule has 0 saturated heterocycles. The van der Waals surface area contributed by atoms with Crippen LogP contribution in [0.2, 0.25) is 0 Å². The van der Waals surface area contributed by atoms with Crippen LogP contribution in [-0.4, -0.2) is 27.0 Å². The molecule has 1 aromatic carbocycles. The molecule has 0 aliphatic carbocycles. The number of benzene rings is 1. The van der Waals surface area contributed by atoms with Crippen molar-refractivity contribution in [3.8, 4) is 5.75 Å². The summed E-state index contributed by atoms with van der Waals surface area (Å²) in [5.41, 5.74) is -1.13. The van der Waals surface area contributed by atoms with E-state index in [0.717, 1.165) is 13.2 Å². The van der Waals surface area contributed by atoms with Crippen LogP contribution in [0.5, 0.6) is 5.75 Å². The summed E-state index contributed by atoms with van der Waals surface area (Å²) >= 11 is 2.89. The Morgan fingerprint density at radius 2 is 1.90 bits per heavy atom. The molecule has 112 valence electrons. The lowest BCUT2D eigenvalue weighted by molar-refractivity contribution is -0.0500. The number of halogens is 4. The molecule has 0 heterocycles. The van der Waals surface area contributed by atoms with Gasteiger partial charge in [-0.05, 0) is 12.1 Å². The second-order valence-electron chi connectivity index (χ2n) is 3.34. The third-order valence-electron chi connectivity index (χ3n) is 1.97. The SMILES string of the molecule is COC(=O)c1c(N)cc(Br)cc1OS(=O)(=O)C(F)(F)F. The molecule has 0 fully saturated rings. The van der Waals surface area contributed by atoms with E-state index >= 15 is 0 Å². The Balaban J connectivity index is 3.42. The minimum atomic E-state index is -5.93.